The maximum Gasteiger partial charge on any atom is 0.119 e. The van der Waals surface area contributed by atoms with Crippen molar-refractivity contribution in [1.29, 1.82) is 0 Å². The maximum absolute atomic E-state index is 5.55. The van der Waals surface area contributed by atoms with Gasteiger partial charge in [0.1, 0.15) is 49.5 Å². The van der Waals surface area contributed by atoms with Crippen molar-refractivity contribution >= 4 is 100 Å². The molecule has 0 aliphatic rings. The Morgan fingerprint density at radius 1 is 0.216 bits per heavy atom. The van der Waals surface area contributed by atoms with Crippen LogP contribution in [0.2, 0.25) is 0 Å². The molecule has 0 saturated carbocycles. The number of aryl methyl sites for hydroxylation is 3. The molecule has 0 unspecified atom stereocenters. The zero-order valence-corrected chi connectivity index (χ0v) is 52.9. The van der Waals surface area contributed by atoms with E-state index in [9.17, 15) is 0 Å². The van der Waals surface area contributed by atoms with Gasteiger partial charge >= 0.3 is 0 Å². The quantitative estimate of drug-likeness (QED) is 0.0695. The van der Waals surface area contributed by atoms with E-state index >= 15 is 0 Å². The molecule has 0 aliphatic heterocycles. The van der Waals surface area contributed by atoms with Crippen molar-refractivity contribution in [2.75, 3.05) is 62.3 Å². The molecule has 0 bridgehead atoms. The summed E-state index contributed by atoms with van der Waals surface area (Å²) >= 11 is 5.31. The second-order valence-corrected chi connectivity index (χ2v) is 24.1. The highest BCUT2D eigenvalue weighted by molar-refractivity contribution is 7.20. The Morgan fingerprint density at radius 3 is 0.545 bits per heavy atom. The maximum atomic E-state index is 5.55. The van der Waals surface area contributed by atoms with Crippen molar-refractivity contribution in [3.8, 4) is 65.8 Å². The predicted molar refractivity (Wildman–Crippen MR) is 369 cm³/mol. The minimum atomic E-state index is 0.804. The molecule has 9 aromatic carbocycles. The van der Waals surface area contributed by atoms with E-state index in [1.54, 1.807) is 76.7 Å². The zero-order valence-electron chi connectivity index (χ0n) is 50.5. The summed E-state index contributed by atoms with van der Waals surface area (Å²) in [6.07, 6.45) is 0. The van der Waals surface area contributed by atoms with Gasteiger partial charge in [-0.3, -0.25) is 0 Å². The van der Waals surface area contributed by atoms with Crippen molar-refractivity contribution in [3.05, 3.63) is 253 Å². The Bertz CT molecular complexity index is 3690. The van der Waals surface area contributed by atoms with E-state index in [1.165, 1.54) is 31.3 Å². The Balaban J connectivity index is 0.904. The number of nitrogens with zero attached hydrogens (tertiary/aromatic N) is 4. The molecule has 88 heavy (non-hydrogen) atoms. The van der Waals surface area contributed by atoms with E-state index < -0.39 is 0 Å². The summed E-state index contributed by atoms with van der Waals surface area (Å²) in [4.78, 5) is 12.8. The number of thiophene rings is 3. The number of ether oxygens (including phenoxy) is 6. The van der Waals surface area contributed by atoms with Gasteiger partial charge < -0.3 is 48.0 Å². The molecule has 13 heteroatoms. The summed E-state index contributed by atoms with van der Waals surface area (Å²) in [5.74, 6) is 4.83. The molecule has 0 fully saturated rings. The average Bonchev–Trinajstić information content (AvgIpc) is 3.77. The highest BCUT2D eigenvalue weighted by atomic mass is 32.1. The molecule has 0 N–H and O–H groups in total. The molecule has 10 nitrogen and oxygen atoms in total. The van der Waals surface area contributed by atoms with Crippen LogP contribution in [0.15, 0.2) is 237 Å². The smallest absolute Gasteiger partial charge is 0.119 e. The first-order chi connectivity index (χ1) is 43.0. The molecule has 3 heterocycles. The van der Waals surface area contributed by atoms with Crippen LogP contribution >= 0.6 is 34.0 Å². The molecule has 0 atom stereocenters. The largest absolute Gasteiger partial charge is 0.497 e. The van der Waals surface area contributed by atoms with E-state index in [0.717, 1.165) is 117 Å². The highest BCUT2D eigenvalue weighted by Crippen LogP contribution is 2.49. The Morgan fingerprint density at radius 2 is 0.375 bits per heavy atom. The molecule has 0 saturated heterocycles. The van der Waals surface area contributed by atoms with Crippen molar-refractivity contribution in [2.45, 2.75) is 20.8 Å². The van der Waals surface area contributed by atoms with Crippen LogP contribution in [0.25, 0.3) is 31.3 Å². The first-order valence-corrected chi connectivity index (χ1v) is 31.2. The van der Waals surface area contributed by atoms with Crippen LogP contribution in [-0.2, 0) is 0 Å². The Hall–Kier alpha value is -9.92. The van der Waals surface area contributed by atoms with Gasteiger partial charge in [0.05, 0.1) is 42.7 Å². The van der Waals surface area contributed by atoms with Crippen molar-refractivity contribution in [1.82, 2.24) is 0 Å². The lowest BCUT2D eigenvalue weighted by Crippen LogP contribution is -2.09. The summed E-state index contributed by atoms with van der Waals surface area (Å²) in [7, 11) is 10.2. The van der Waals surface area contributed by atoms with Crippen molar-refractivity contribution in [2.24, 2.45) is 0 Å². The lowest BCUT2D eigenvalue weighted by molar-refractivity contribution is 0.414. The van der Waals surface area contributed by atoms with Crippen LogP contribution in [0.1, 0.15) is 16.7 Å². The van der Waals surface area contributed by atoms with Crippen molar-refractivity contribution in [3.63, 3.8) is 0 Å². The molecule has 12 rings (SSSR count). The summed E-state index contributed by atoms with van der Waals surface area (Å²) in [6, 6.07) is 83.0. The first kappa shape index (κ1) is 58.5. The summed E-state index contributed by atoms with van der Waals surface area (Å²) in [5.41, 5.74) is 16.2. The van der Waals surface area contributed by atoms with Gasteiger partial charge in [0.25, 0.3) is 0 Å². The summed E-state index contributed by atoms with van der Waals surface area (Å²) in [6.45, 7) is 6.59. The summed E-state index contributed by atoms with van der Waals surface area (Å²) < 4.78 is 33.3. The van der Waals surface area contributed by atoms with Gasteiger partial charge in [0.15, 0.2) is 0 Å². The SMILES string of the molecule is COc1ccc(N(c2ccc(OC)cc2)c2cc(C)c(-c3ccc(N(c4ccc(-c5sc(N(c6ccc(OC)cc6)c6ccc(OC)cc6)cc5C)cc4)c4ccc(-c5sc(N(c6ccc(OC)cc6)c6ccc(OC)cc6)cc5C)cc4)cc3)s2)cc1. The number of rotatable bonds is 21. The third-order valence-electron chi connectivity index (χ3n) is 15.5. The lowest BCUT2D eigenvalue weighted by Gasteiger charge is -2.26. The van der Waals surface area contributed by atoms with Crippen LogP contribution in [0, 0.1) is 20.8 Å². The number of anilines is 12. The standard InChI is InChI=1S/C75H66N4O6S3/c1-49-46-70(77(58-22-34-64(80-4)35-23-58)59-24-36-65(81-5)37-25-59)86-73(49)52-10-16-55(17-11-52)76(56-18-12-53(13-19-56)74-50(2)47-71(87-74)78(60-26-38-66(82-6)39-27-60)61-28-40-67(83-7)41-29-61)57-20-14-54(15-21-57)75-51(3)48-72(88-75)79(62-30-42-68(84-8)43-31-62)63-32-44-69(85-9)45-33-63/h10-48H,1-9H3. The van der Waals surface area contributed by atoms with Crippen LogP contribution in [0.5, 0.6) is 34.5 Å². The van der Waals surface area contributed by atoms with E-state index in [1.807, 2.05) is 72.8 Å². The van der Waals surface area contributed by atoms with Gasteiger partial charge in [-0.25, -0.2) is 0 Å². The van der Waals surface area contributed by atoms with Crippen LogP contribution in [0.3, 0.4) is 0 Å². The number of methoxy groups -OCH3 is 6. The number of benzene rings is 9. The molecule has 3 aromatic heterocycles. The van der Waals surface area contributed by atoms with Gasteiger partial charge in [-0.15, -0.1) is 34.0 Å². The molecule has 0 amide bonds. The van der Waals surface area contributed by atoms with Gasteiger partial charge in [-0.1, -0.05) is 36.4 Å². The van der Waals surface area contributed by atoms with E-state index in [0.29, 0.717) is 0 Å². The molecular weight excluding hydrogens is 1150 g/mol. The van der Waals surface area contributed by atoms with Gasteiger partial charge in [-0.2, -0.15) is 0 Å². The monoisotopic (exact) mass is 1210 g/mol. The molecule has 0 aliphatic carbocycles. The first-order valence-electron chi connectivity index (χ1n) is 28.7. The minimum absolute atomic E-state index is 0.804. The lowest BCUT2D eigenvalue weighted by atomic mass is 10.1. The fraction of sp³-hybridized carbons (Fsp3) is 0.120. The fourth-order valence-electron chi connectivity index (χ4n) is 10.9. The van der Waals surface area contributed by atoms with E-state index in [-0.39, 0.29) is 0 Å². The topological polar surface area (TPSA) is 68.3 Å². The highest BCUT2D eigenvalue weighted by Gasteiger charge is 2.23. The van der Waals surface area contributed by atoms with Gasteiger partial charge in [0.2, 0.25) is 0 Å². The molecule has 0 radical (unpaired) electrons. The molecule has 12 aromatic rings. The predicted octanol–water partition coefficient (Wildman–Crippen LogP) is 21.7. The zero-order chi connectivity index (χ0) is 60.8. The Labute approximate surface area is 527 Å². The Kier molecular flexibility index (Phi) is 17.3. The van der Waals surface area contributed by atoms with Crippen molar-refractivity contribution < 1.29 is 28.4 Å². The fourth-order valence-corrected chi connectivity index (χ4v) is 14.6. The molecule has 440 valence electrons. The van der Waals surface area contributed by atoms with Gasteiger partial charge in [0, 0.05) is 65.8 Å². The second kappa shape index (κ2) is 26.0. The third kappa shape index (κ3) is 12.1. The third-order valence-corrected chi connectivity index (χ3v) is 19.3. The average molecular weight is 1220 g/mol. The number of hydrogen-bond donors (Lipinski definition) is 0. The van der Waals surface area contributed by atoms with E-state index in [4.69, 9.17) is 28.4 Å². The van der Waals surface area contributed by atoms with Gasteiger partial charge in [-0.05, 0) is 254 Å². The molecule has 0 spiro atoms. The van der Waals surface area contributed by atoms with Crippen LogP contribution in [-0.4, -0.2) is 42.7 Å². The van der Waals surface area contributed by atoms with E-state index in [2.05, 4.69) is 204 Å². The second-order valence-electron chi connectivity index (χ2n) is 21.0. The minimum Gasteiger partial charge on any atom is -0.497 e. The summed E-state index contributed by atoms with van der Waals surface area (Å²) in [5, 5.41) is 3.29. The normalized spacial score (nSPS) is 11.0. The molecular formula is C75H66N4O6S3. The van der Waals surface area contributed by atoms with Crippen LogP contribution in [0.4, 0.5) is 66.2 Å². The van der Waals surface area contributed by atoms with Crippen LogP contribution < -0.4 is 48.0 Å². The number of hydrogen-bond acceptors (Lipinski definition) is 13.